The van der Waals surface area contributed by atoms with Crippen LogP contribution in [0.15, 0.2) is 24.9 Å². The smallest absolute Gasteiger partial charge is 0.173 e. The van der Waals surface area contributed by atoms with E-state index in [4.69, 9.17) is 5.73 Å². The maximum Gasteiger partial charge on any atom is 0.173 e. The van der Waals surface area contributed by atoms with Crippen LogP contribution in [0.2, 0.25) is 0 Å². The van der Waals surface area contributed by atoms with Crippen molar-refractivity contribution < 1.29 is 0 Å². The number of hydrogen-bond acceptors (Lipinski definition) is 5. The highest BCUT2D eigenvalue weighted by Crippen LogP contribution is 1.97. The van der Waals surface area contributed by atoms with Crippen molar-refractivity contribution in [3.05, 3.63) is 30.7 Å². The number of rotatable bonds is 2. The second-order valence-electron chi connectivity index (χ2n) is 2.37. The van der Waals surface area contributed by atoms with E-state index in [0.29, 0.717) is 18.2 Å². The molecule has 0 atom stereocenters. The third kappa shape index (κ3) is 1.52. The van der Waals surface area contributed by atoms with Crippen LogP contribution < -0.4 is 5.73 Å². The van der Waals surface area contributed by atoms with Gasteiger partial charge in [-0.15, -0.1) is 5.10 Å². The van der Waals surface area contributed by atoms with Crippen molar-refractivity contribution >= 4 is 0 Å². The Morgan fingerprint density at radius 3 is 2.85 bits per heavy atom. The first-order valence-corrected chi connectivity index (χ1v) is 3.77. The first-order chi connectivity index (χ1) is 6.40. The van der Waals surface area contributed by atoms with Crippen molar-refractivity contribution in [3.63, 3.8) is 0 Å². The van der Waals surface area contributed by atoms with E-state index in [1.54, 1.807) is 24.9 Å². The Balaban J connectivity index is 2.36. The fourth-order valence-corrected chi connectivity index (χ4v) is 0.911. The molecule has 0 bridgehead atoms. The predicted molar refractivity (Wildman–Crippen MR) is 44.8 cm³/mol. The third-order valence-corrected chi connectivity index (χ3v) is 1.51. The standard InChI is InChI=1S/C7H8N6/c8-3-6-11-5-13(12-6)7-4-9-1-2-10-7/h1-2,4-5H,3,8H2. The SMILES string of the molecule is NCc1ncn(-c2cnccn2)n1. The van der Waals surface area contributed by atoms with E-state index in [-0.39, 0.29) is 0 Å². The average Bonchev–Trinajstić information content (AvgIpc) is 2.67. The van der Waals surface area contributed by atoms with E-state index in [2.05, 4.69) is 20.1 Å². The van der Waals surface area contributed by atoms with Gasteiger partial charge in [-0.1, -0.05) is 0 Å². The molecule has 0 aromatic carbocycles. The largest absolute Gasteiger partial charge is 0.324 e. The molecule has 0 unspecified atom stereocenters. The second kappa shape index (κ2) is 3.28. The first kappa shape index (κ1) is 7.81. The molecule has 66 valence electrons. The maximum absolute atomic E-state index is 5.37. The summed E-state index contributed by atoms with van der Waals surface area (Å²) < 4.78 is 1.54. The quantitative estimate of drug-likeness (QED) is 0.668. The highest BCUT2D eigenvalue weighted by Gasteiger charge is 2.00. The van der Waals surface area contributed by atoms with E-state index in [9.17, 15) is 0 Å². The molecule has 0 saturated heterocycles. The van der Waals surface area contributed by atoms with Crippen LogP contribution in [-0.2, 0) is 6.54 Å². The normalized spacial score (nSPS) is 10.2. The van der Waals surface area contributed by atoms with Gasteiger partial charge in [0, 0.05) is 12.4 Å². The van der Waals surface area contributed by atoms with Gasteiger partial charge < -0.3 is 5.73 Å². The van der Waals surface area contributed by atoms with Gasteiger partial charge in [-0.2, -0.15) is 0 Å². The number of hydrogen-bond donors (Lipinski definition) is 1. The highest BCUT2D eigenvalue weighted by atomic mass is 15.4. The Labute approximate surface area is 74.5 Å². The van der Waals surface area contributed by atoms with Gasteiger partial charge in [0.15, 0.2) is 11.6 Å². The molecule has 6 nitrogen and oxygen atoms in total. The lowest BCUT2D eigenvalue weighted by atomic mass is 10.6. The summed E-state index contributed by atoms with van der Waals surface area (Å²) in [5.41, 5.74) is 5.37. The van der Waals surface area contributed by atoms with Crippen molar-refractivity contribution in [1.29, 1.82) is 0 Å². The van der Waals surface area contributed by atoms with Crippen molar-refractivity contribution in [2.75, 3.05) is 0 Å². The number of nitrogens with two attached hydrogens (primary N) is 1. The monoisotopic (exact) mass is 176 g/mol. The lowest BCUT2D eigenvalue weighted by Gasteiger charge is -1.95. The Morgan fingerprint density at radius 1 is 1.31 bits per heavy atom. The highest BCUT2D eigenvalue weighted by molar-refractivity contribution is 5.13. The molecule has 6 heteroatoms. The summed E-state index contributed by atoms with van der Waals surface area (Å²) in [7, 11) is 0. The van der Waals surface area contributed by atoms with Gasteiger partial charge in [-0.25, -0.2) is 14.6 Å². The Hall–Kier alpha value is -1.82. The molecule has 2 N–H and O–H groups in total. The van der Waals surface area contributed by atoms with Gasteiger partial charge >= 0.3 is 0 Å². The lowest BCUT2D eigenvalue weighted by molar-refractivity contribution is 0.803. The minimum absolute atomic E-state index is 0.327. The second-order valence-corrected chi connectivity index (χ2v) is 2.37. The summed E-state index contributed by atoms with van der Waals surface area (Å²) in [5, 5.41) is 4.08. The summed E-state index contributed by atoms with van der Waals surface area (Å²) in [6, 6.07) is 0. The zero-order chi connectivity index (χ0) is 9.10. The molecular weight excluding hydrogens is 168 g/mol. The fraction of sp³-hybridized carbons (Fsp3) is 0.143. The van der Waals surface area contributed by atoms with Crippen LogP contribution in [-0.4, -0.2) is 24.7 Å². The van der Waals surface area contributed by atoms with E-state index in [1.165, 1.54) is 4.68 Å². The van der Waals surface area contributed by atoms with E-state index >= 15 is 0 Å². The molecule has 13 heavy (non-hydrogen) atoms. The molecule has 2 aromatic heterocycles. The zero-order valence-electron chi connectivity index (χ0n) is 6.83. The number of aromatic nitrogens is 5. The Bertz CT molecular complexity index is 381. The van der Waals surface area contributed by atoms with Crippen LogP contribution in [0, 0.1) is 0 Å². The Morgan fingerprint density at radius 2 is 2.23 bits per heavy atom. The molecular formula is C7H8N6. The van der Waals surface area contributed by atoms with Crippen molar-refractivity contribution in [2.24, 2.45) is 5.73 Å². The molecule has 2 rings (SSSR count). The summed E-state index contributed by atoms with van der Waals surface area (Å²) in [6.45, 7) is 0.327. The van der Waals surface area contributed by atoms with Crippen LogP contribution in [0.5, 0.6) is 0 Å². The summed E-state index contributed by atoms with van der Waals surface area (Å²) in [5.74, 6) is 1.22. The zero-order valence-corrected chi connectivity index (χ0v) is 6.83. The van der Waals surface area contributed by atoms with Gasteiger partial charge in [0.25, 0.3) is 0 Å². The average molecular weight is 176 g/mol. The maximum atomic E-state index is 5.37. The summed E-state index contributed by atoms with van der Waals surface area (Å²) in [6.07, 6.45) is 6.37. The van der Waals surface area contributed by atoms with Crippen LogP contribution in [0.25, 0.3) is 5.82 Å². The fourth-order valence-electron chi connectivity index (χ4n) is 0.911. The first-order valence-electron chi connectivity index (χ1n) is 3.77. The summed E-state index contributed by atoms with van der Waals surface area (Å²) >= 11 is 0. The molecule has 0 saturated carbocycles. The van der Waals surface area contributed by atoms with Crippen LogP contribution in [0.3, 0.4) is 0 Å². The minimum atomic E-state index is 0.327. The lowest BCUT2D eigenvalue weighted by Crippen LogP contribution is -2.02. The van der Waals surface area contributed by atoms with Gasteiger partial charge in [0.05, 0.1) is 12.7 Å². The molecule has 2 heterocycles. The molecule has 0 radical (unpaired) electrons. The minimum Gasteiger partial charge on any atom is -0.324 e. The van der Waals surface area contributed by atoms with Gasteiger partial charge in [-0.3, -0.25) is 4.98 Å². The number of nitrogens with zero attached hydrogens (tertiary/aromatic N) is 5. The topological polar surface area (TPSA) is 82.5 Å². The molecule has 0 aliphatic heterocycles. The van der Waals surface area contributed by atoms with E-state index in [1.807, 2.05) is 0 Å². The van der Waals surface area contributed by atoms with E-state index in [0.717, 1.165) is 0 Å². The van der Waals surface area contributed by atoms with Crippen LogP contribution in [0.4, 0.5) is 0 Å². The predicted octanol–water partition coefficient (Wildman–Crippen LogP) is -0.484. The molecule has 0 amide bonds. The summed E-state index contributed by atoms with van der Waals surface area (Å²) in [4.78, 5) is 11.9. The van der Waals surface area contributed by atoms with Gasteiger partial charge in [0.1, 0.15) is 6.33 Å². The van der Waals surface area contributed by atoms with Crippen molar-refractivity contribution in [2.45, 2.75) is 6.54 Å². The molecule has 2 aromatic rings. The van der Waals surface area contributed by atoms with Gasteiger partial charge in [0.2, 0.25) is 0 Å². The van der Waals surface area contributed by atoms with E-state index < -0.39 is 0 Å². The molecule has 0 spiro atoms. The third-order valence-electron chi connectivity index (χ3n) is 1.51. The molecule has 0 aliphatic carbocycles. The Kier molecular flexibility index (Phi) is 1.97. The van der Waals surface area contributed by atoms with Crippen LogP contribution in [0.1, 0.15) is 5.82 Å². The molecule has 0 fully saturated rings. The van der Waals surface area contributed by atoms with Crippen molar-refractivity contribution in [3.8, 4) is 5.82 Å². The van der Waals surface area contributed by atoms with Gasteiger partial charge in [-0.05, 0) is 0 Å². The molecule has 0 aliphatic rings. The van der Waals surface area contributed by atoms with Crippen molar-refractivity contribution in [1.82, 2.24) is 24.7 Å². The van der Waals surface area contributed by atoms with Crippen LogP contribution >= 0.6 is 0 Å².